The highest BCUT2D eigenvalue weighted by Gasteiger charge is 2.42. The topological polar surface area (TPSA) is 109 Å². The van der Waals surface area contributed by atoms with E-state index >= 15 is 0 Å². The summed E-state index contributed by atoms with van der Waals surface area (Å²) in [6.45, 7) is 0.589. The molecule has 1 fully saturated rings. The zero-order chi connectivity index (χ0) is 28.0. The Balaban J connectivity index is 1.94. The number of esters is 1. The number of benzene rings is 2. The van der Waals surface area contributed by atoms with Gasteiger partial charge in [-0.25, -0.2) is 4.79 Å². The molecule has 0 spiro atoms. The second kappa shape index (κ2) is 9.83. The molecule has 0 amide bonds. The van der Waals surface area contributed by atoms with Crippen LogP contribution >= 0.6 is 0 Å². The lowest BCUT2D eigenvalue weighted by atomic mass is 9.85. The van der Waals surface area contributed by atoms with Gasteiger partial charge in [0.1, 0.15) is 34.0 Å². The number of ether oxygens (including phenoxy) is 2. The summed E-state index contributed by atoms with van der Waals surface area (Å²) in [4.78, 5) is 26.4. The summed E-state index contributed by atoms with van der Waals surface area (Å²) in [5, 5.41) is 20.8. The highest BCUT2D eigenvalue weighted by Crippen LogP contribution is 2.43. The SMILES string of the molecule is CN1CC[C@H](c2c(O)cc(OC(=O)C(F)(F)F)c3c(=O)cc(-c4cccc(OC(F)(F)F)c4)oc23)[C@H](O)C1. The molecule has 0 radical (unpaired) electrons. The first kappa shape index (κ1) is 27.3. The van der Waals surface area contributed by atoms with Gasteiger partial charge in [-0.1, -0.05) is 12.1 Å². The monoisotopic (exact) mass is 547 g/mol. The molecule has 3 aromatic rings. The number of carbonyl (C=O) groups is 1. The minimum Gasteiger partial charge on any atom is -0.507 e. The van der Waals surface area contributed by atoms with Crippen molar-refractivity contribution in [2.24, 2.45) is 0 Å². The molecule has 2 aromatic carbocycles. The van der Waals surface area contributed by atoms with Gasteiger partial charge in [-0.15, -0.1) is 13.2 Å². The van der Waals surface area contributed by atoms with Crippen LogP contribution < -0.4 is 14.9 Å². The summed E-state index contributed by atoms with van der Waals surface area (Å²) in [5.74, 6) is -6.13. The van der Waals surface area contributed by atoms with Crippen molar-refractivity contribution in [2.45, 2.75) is 31.0 Å². The molecule has 2 heterocycles. The lowest BCUT2D eigenvalue weighted by Crippen LogP contribution is -2.40. The van der Waals surface area contributed by atoms with E-state index in [0.29, 0.717) is 12.6 Å². The molecule has 8 nitrogen and oxygen atoms in total. The maximum Gasteiger partial charge on any atom is 0.573 e. The number of likely N-dealkylation sites (N-methyl/N-ethyl adjacent to an activating group) is 1. The molecule has 38 heavy (non-hydrogen) atoms. The van der Waals surface area contributed by atoms with Crippen LogP contribution in [0.5, 0.6) is 17.2 Å². The molecule has 1 saturated heterocycles. The van der Waals surface area contributed by atoms with Crippen molar-refractivity contribution < 1.29 is 55.2 Å². The number of likely N-dealkylation sites (tertiary alicyclic amines) is 1. The van der Waals surface area contributed by atoms with Gasteiger partial charge in [0.25, 0.3) is 0 Å². The van der Waals surface area contributed by atoms with Crippen LogP contribution in [0.4, 0.5) is 26.3 Å². The number of aliphatic hydroxyl groups is 1. The van der Waals surface area contributed by atoms with E-state index < -0.39 is 64.2 Å². The second-order valence-corrected chi connectivity index (χ2v) is 8.67. The molecule has 2 N–H and O–H groups in total. The number of aromatic hydroxyl groups is 1. The van der Waals surface area contributed by atoms with E-state index in [1.165, 1.54) is 12.1 Å². The van der Waals surface area contributed by atoms with Crippen molar-refractivity contribution in [3.63, 3.8) is 0 Å². The number of halogens is 6. The van der Waals surface area contributed by atoms with Gasteiger partial charge in [-0.3, -0.25) is 4.79 Å². The summed E-state index contributed by atoms with van der Waals surface area (Å²) < 4.78 is 90.6. The molecule has 0 saturated carbocycles. The Morgan fingerprint density at radius 3 is 2.47 bits per heavy atom. The molecular weight excluding hydrogens is 528 g/mol. The smallest absolute Gasteiger partial charge is 0.507 e. The Bertz CT molecular complexity index is 1430. The summed E-state index contributed by atoms with van der Waals surface area (Å²) in [7, 11) is 1.73. The molecule has 204 valence electrons. The Hall–Kier alpha value is -3.78. The van der Waals surface area contributed by atoms with E-state index in [4.69, 9.17) is 4.42 Å². The molecule has 0 bridgehead atoms. The summed E-state index contributed by atoms with van der Waals surface area (Å²) in [6, 6.07) is 5.81. The van der Waals surface area contributed by atoms with Gasteiger partial charge in [0, 0.05) is 35.7 Å². The Morgan fingerprint density at radius 1 is 1.13 bits per heavy atom. The highest BCUT2D eigenvalue weighted by molar-refractivity contribution is 5.92. The minimum atomic E-state index is -5.43. The number of nitrogens with zero attached hydrogens (tertiary/aromatic N) is 1. The van der Waals surface area contributed by atoms with Crippen molar-refractivity contribution in [3.05, 3.63) is 52.2 Å². The lowest BCUT2D eigenvalue weighted by molar-refractivity contribution is -0.274. The van der Waals surface area contributed by atoms with Crippen LogP contribution in [0.15, 0.2) is 45.6 Å². The number of aliphatic hydroxyl groups excluding tert-OH is 1. The van der Waals surface area contributed by atoms with E-state index in [9.17, 15) is 46.1 Å². The Labute approximate surface area is 209 Å². The van der Waals surface area contributed by atoms with Crippen LogP contribution in [-0.4, -0.2) is 59.9 Å². The number of hydrogen-bond acceptors (Lipinski definition) is 8. The quantitative estimate of drug-likeness (QED) is 0.283. The zero-order valence-corrected chi connectivity index (χ0v) is 19.4. The summed E-state index contributed by atoms with van der Waals surface area (Å²) in [6.07, 6.45) is -11.3. The van der Waals surface area contributed by atoms with Gasteiger partial charge in [0.05, 0.1) is 6.10 Å². The number of rotatable bonds is 4. The third kappa shape index (κ3) is 5.70. The van der Waals surface area contributed by atoms with E-state index in [2.05, 4.69) is 9.47 Å². The standard InChI is InChI=1S/C24H19F6NO7/c1-31-6-5-13(16(34)10-31)19-14(32)9-18(37-22(35)23(25,26)27)20-15(33)8-17(36-21(19)20)11-3-2-4-12(7-11)38-24(28,29)30/h2-4,7-9,13,16,32,34H,5-6,10H2,1H3/t13-,16+/m0/s1. The van der Waals surface area contributed by atoms with Gasteiger partial charge in [0.15, 0.2) is 5.43 Å². The molecule has 14 heteroatoms. The summed E-state index contributed by atoms with van der Waals surface area (Å²) >= 11 is 0. The van der Waals surface area contributed by atoms with Gasteiger partial charge in [-0.05, 0) is 32.1 Å². The number of piperidine rings is 1. The third-order valence-electron chi connectivity index (χ3n) is 5.92. The first-order valence-corrected chi connectivity index (χ1v) is 11.0. The fourth-order valence-corrected chi connectivity index (χ4v) is 4.32. The van der Waals surface area contributed by atoms with Crippen LogP contribution in [0, 0.1) is 0 Å². The molecule has 1 aliphatic rings. The average Bonchev–Trinajstić information content (AvgIpc) is 2.78. The van der Waals surface area contributed by atoms with E-state index in [-0.39, 0.29) is 29.9 Å². The first-order chi connectivity index (χ1) is 17.6. The normalized spacial score (nSPS) is 18.9. The second-order valence-electron chi connectivity index (χ2n) is 8.67. The molecule has 0 unspecified atom stereocenters. The van der Waals surface area contributed by atoms with Gasteiger partial charge in [-0.2, -0.15) is 13.2 Å². The van der Waals surface area contributed by atoms with Crippen LogP contribution in [-0.2, 0) is 4.79 Å². The maximum atomic E-state index is 13.1. The third-order valence-corrected chi connectivity index (χ3v) is 5.92. The Morgan fingerprint density at radius 2 is 1.84 bits per heavy atom. The number of phenolic OH excluding ortho intramolecular Hbond substituents is 1. The van der Waals surface area contributed by atoms with E-state index in [0.717, 1.165) is 18.2 Å². The van der Waals surface area contributed by atoms with Crippen molar-refractivity contribution in [1.29, 1.82) is 0 Å². The lowest BCUT2D eigenvalue weighted by Gasteiger charge is -2.34. The first-order valence-electron chi connectivity index (χ1n) is 11.0. The van der Waals surface area contributed by atoms with Gasteiger partial charge in [0.2, 0.25) is 0 Å². The van der Waals surface area contributed by atoms with Crippen LogP contribution in [0.2, 0.25) is 0 Å². The number of hydrogen-bond donors (Lipinski definition) is 2. The fourth-order valence-electron chi connectivity index (χ4n) is 4.32. The fraction of sp³-hybridized carbons (Fsp3) is 0.333. The molecule has 1 aromatic heterocycles. The molecular formula is C24H19F6NO7. The molecule has 4 rings (SSSR count). The average molecular weight is 547 g/mol. The molecule has 2 atom stereocenters. The summed E-state index contributed by atoms with van der Waals surface area (Å²) in [5.41, 5.74) is -1.71. The van der Waals surface area contributed by atoms with Crippen molar-refractivity contribution in [1.82, 2.24) is 4.90 Å². The van der Waals surface area contributed by atoms with Crippen LogP contribution in [0.25, 0.3) is 22.3 Å². The van der Waals surface area contributed by atoms with Crippen LogP contribution in [0.1, 0.15) is 17.9 Å². The van der Waals surface area contributed by atoms with Gasteiger partial charge >= 0.3 is 18.5 Å². The Kier molecular flexibility index (Phi) is 7.05. The largest absolute Gasteiger partial charge is 0.573 e. The van der Waals surface area contributed by atoms with Crippen LogP contribution in [0.3, 0.4) is 0 Å². The number of alkyl halides is 6. The van der Waals surface area contributed by atoms with Crippen molar-refractivity contribution >= 4 is 16.9 Å². The maximum absolute atomic E-state index is 13.1. The number of β-amino-alcohol motifs (C(OH)–C–C–N with tert-alkyl or cyclic N) is 1. The van der Waals surface area contributed by atoms with E-state index in [1.54, 1.807) is 11.9 Å². The van der Waals surface area contributed by atoms with Crippen molar-refractivity contribution in [3.8, 4) is 28.6 Å². The van der Waals surface area contributed by atoms with Gasteiger partial charge < -0.3 is 29.0 Å². The molecule has 1 aliphatic heterocycles. The highest BCUT2D eigenvalue weighted by atomic mass is 19.4. The zero-order valence-electron chi connectivity index (χ0n) is 19.4. The predicted molar refractivity (Wildman–Crippen MR) is 119 cm³/mol. The van der Waals surface area contributed by atoms with Crippen molar-refractivity contribution in [2.75, 3.05) is 20.1 Å². The number of fused-ring (bicyclic) bond motifs is 1. The minimum absolute atomic E-state index is 0.0715. The predicted octanol–water partition coefficient (Wildman–Crippen LogP) is 4.31. The van der Waals surface area contributed by atoms with E-state index in [1.807, 2.05) is 0 Å². The number of phenols is 1. The molecule has 0 aliphatic carbocycles. The number of carbonyl (C=O) groups excluding carboxylic acids is 1.